The highest BCUT2D eigenvalue weighted by Crippen LogP contribution is 2.13. The SMILES string of the molecule is O=C(c1ccc(COc2ccccc2)cc1)N1CCNCC1. The predicted molar refractivity (Wildman–Crippen MR) is 86.0 cm³/mol. The van der Waals surface area contributed by atoms with E-state index in [-0.39, 0.29) is 5.91 Å². The molecule has 0 saturated carbocycles. The fourth-order valence-corrected chi connectivity index (χ4v) is 2.48. The Kier molecular flexibility index (Phi) is 4.71. The molecule has 1 fully saturated rings. The molecule has 1 saturated heterocycles. The van der Waals surface area contributed by atoms with E-state index in [2.05, 4.69) is 5.32 Å². The summed E-state index contributed by atoms with van der Waals surface area (Å²) in [5.74, 6) is 0.959. The number of piperazine rings is 1. The summed E-state index contributed by atoms with van der Waals surface area (Å²) in [6.45, 7) is 3.80. The molecule has 1 heterocycles. The number of benzene rings is 2. The number of nitrogens with one attached hydrogen (secondary N) is 1. The molecule has 1 aliphatic heterocycles. The fraction of sp³-hybridized carbons (Fsp3) is 0.278. The maximum absolute atomic E-state index is 12.4. The maximum Gasteiger partial charge on any atom is 0.253 e. The first kappa shape index (κ1) is 14.6. The Morgan fingerprint density at radius 1 is 1.00 bits per heavy atom. The van der Waals surface area contributed by atoms with Crippen molar-refractivity contribution in [3.63, 3.8) is 0 Å². The topological polar surface area (TPSA) is 41.6 Å². The van der Waals surface area contributed by atoms with Crippen LogP contribution in [-0.4, -0.2) is 37.0 Å². The predicted octanol–water partition coefficient (Wildman–Crippen LogP) is 2.31. The smallest absolute Gasteiger partial charge is 0.253 e. The van der Waals surface area contributed by atoms with Crippen molar-refractivity contribution in [1.82, 2.24) is 10.2 Å². The van der Waals surface area contributed by atoms with Gasteiger partial charge in [0.2, 0.25) is 0 Å². The number of carbonyl (C=O) groups is 1. The highest BCUT2D eigenvalue weighted by molar-refractivity contribution is 5.94. The van der Waals surface area contributed by atoms with Gasteiger partial charge >= 0.3 is 0 Å². The van der Waals surface area contributed by atoms with Gasteiger partial charge in [-0.25, -0.2) is 0 Å². The molecule has 2 aromatic carbocycles. The van der Waals surface area contributed by atoms with Crippen LogP contribution in [0.15, 0.2) is 54.6 Å². The summed E-state index contributed by atoms with van der Waals surface area (Å²) in [6, 6.07) is 17.4. The molecule has 4 nitrogen and oxygen atoms in total. The van der Waals surface area contributed by atoms with Crippen molar-refractivity contribution in [3.05, 3.63) is 65.7 Å². The molecule has 0 aromatic heterocycles. The van der Waals surface area contributed by atoms with Gasteiger partial charge in [-0.15, -0.1) is 0 Å². The second kappa shape index (κ2) is 7.09. The van der Waals surface area contributed by atoms with E-state index in [4.69, 9.17) is 4.74 Å². The second-order valence-electron chi connectivity index (χ2n) is 5.34. The van der Waals surface area contributed by atoms with Gasteiger partial charge in [0.1, 0.15) is 12.4 Å². The third-order valence-electron chi connectivity index (χ3n) is 3.75. The van der Waals surface area contributed by atoms with E-state index in [1.165, 1.54) is 0 Å². The molecule has 0 atom stereocenters. The van der Waals surface area contributed by atoms with Crippen LogP contribution >= 0.6 is 0 Å². The minimum atomic E-state index is 0.108. The third kappa shape index (κ3) is 3.65. The molecule has 0 radical (unpaired) electrons. The molecular weight excluding hydrogens is 276 g/mol. The molecular formula is C18H20N2O2. The van der Waals surface area contributed by atoms with Crippen LogP contribution in [0.1, 0.15) is 15.9 Å². The van der Waals surface area contributed by atoms with Gasteiger partial charge in [0, 0.05) is 31.7 Å². The van der Waals surface area contributed by atoms with E-state index < -0.39 is 0 Å². The van der Waals surface area contributed by atoms with Crippen LogP contribution in [-0.2, 0) is 6.61 Å². The Balaban J connectivity index is 1.59. The molecule has 3 rings (SSSR count). The van der Waals surface area contributed by atoms with Gasteiger partial charge in [0.15, 0.2) is 0 Å². The molecule has 1 amide bonds. The lowest BCUT2D eigenvalue weighted by Crippen LogP contribution is -2.46. The molecule has 114 valence electrons. The van der Waals surface area contributed by atoms with Crippen LogP contribution in [0.2, 0.25) is 0 Å². The molecule has 1 N–H and O–H groups in total. The monoisotopic (exact) mass is 296 g/mol. The summed E-state index contributed by atoms with van der Waals surface area (Å²) in [5, 5.41) is 3.25. The van der Waals surface area contributed by atoms with Crippen LogP contribution < -0.4 is 10.1 Å². The van der Waals surface area contributed by atoms with Crippen molar-refractivity contribution in [3.8, 4) is 5.75 Å². The number of carbonyl (C=O) groups excluding carboxylic acids is 1. The average Bonchev–Trinajstić information content (AvgIpc) is 2.61. The van der Waals surface area contributed by atoms with E-state index in [1.54, 1.807) is 0 Å². The molecule has 0 spiro atoms. The highest BCUT2D eigenvalue weighted by Gasteiger charge is 2.17. The second-order valence-corrected chi connectivity index (χ2v) is 5.34. The Morgan fingerprint density at radius 2 is 1.68 bits per heavy atom. The zero-order valence-electron chi connectivity index (χ0n) is 12.5. The van der Waals surface area contributed by atoms with Crippen molar-refractivity contribution in [2.75, 3.05) is 26.2 Å². The number of hydrogen-bond donors (Lipinski definition) is 1. The van der Waals surface area contributed by atoms with E-state index >= 15 is 0 Å². The molecule has 22 heavy (non-hydrogen) atoms. The minimum Gasteiger partial charge on any atom is -0.489 e. The van der Waals surface area contributed by atoms with E-state index in [0.29, 0.717) is 6.61 Å². The van der Waals surface area contributed by atoms with Gasteiger partial charge in [0.05, 0.1) is 0 Å². The van der Waals surface area contributed by atoms with Crippen LogP contribution in [0.5, 0.6) is 5.75 Å². The number of rotatable bonds is 4. The lowest BCUT2D eigenvalue weighted by Gasteiger charge is -2.27. The van der Waals surface area contributed by atoms with Crippen molar-refractivity contribution < 1.29 is 9.53 Å². The first-order chi connectivity index (χ1) is 10.8. The molecule has 0 aliphatic carbocycles. The lowest BCUT2D eigenvalue weighted by molar-refractivity contribution is 0.0736. The van der Waals surface area contributed by atoms with E-state index in [0.717, 1.165) is 43.1 Å². The zero-order chi connectivity index (χ0) is 15.2. The van der Waals surface area contributed by atoms with Crippen molar-refractivity contribution >= 4 is 5.91 Å². The van der Waals surface area contributed by atoms with Crippen LogP contribution in [0.25, 0.3) is 0 Å². The first-order valence-electron chi connectivity index (χ1n) is 7.60. The summed E-state index contributed by atoms with van der Waals surface area (Å²) in [6.07, 6.45) is 0. The number of nitrogens with zero attached hydrogens (tertiary/aromatic N) is 1. The van der Waals surface area contributed by atoms with Gasteiger partial charge in [-0.3, -0.25) is 4.79 Å². The summed E-state index contributed by atoms with van der Waals surface area (Å²) in [4.78, 5) is 14.3. The Bertz CT molecular complexity index is 605. The van der Waals surface area contributed by atoms with Crippen molar-refractivity contribution in [2.45, 2.75) is 6.61 Å². The normalized spacial score (nSPS) is 14.6. The molecule has 2 aromatic rings. The number of hydrogen-bond acceptors (Lipinski definition) is 3. The van der Waals surface area contributed by atoms with Gasteiger partial charge < -0.3 is 15.0 Å². The standard InChI is InChI=1S/C18H20N2O2/c21-18(20-12-10-19-11-13-20)16-8-6-15(7-9-16)14-22-17-4-2-1-3-5-17/h1-9,19H,10-14H2. The fourth-order valence-electron chi connectivity index (χ4n) is 2.48. The first-order valence-corrected chi connectivity index (χ1v) is 7.60. The summed E-state index contributed by atoms with van der Waals surface area (Å²) < 4.78 is 5.71. The summed E-state index contributed by atoms with van der Waals surface area (Å²) >= 11 is 0. The zero-order valence-corrected chi connectivity index (χ0v) is 12.5. The van der Waals surface area contributed by atoms with Crippen LogP contribution in [0, 0.1) is 0 Å². The van der Waals surface area contributed by atoms with Crippen molar-refractivity contribution in [2.24, 2.45) is 0 Å². The van der Waals surface area contributed by atoms with Gasteiger partial charge in [-0.2, -0.15) is 0 Å². The Labute approximate surface area is 130 Å². The number of ether oxygens (including phenoxy) is 1. The lowest BCUT2D eigenvalue weighted by atomic mass is 10.1. The van der Waals surface area contributed by atoms with Crippen molar-refractivity contribution in [1.29, 1.82) is 0 Å². The summed E-state index contributed by atoms with van der Waals surface area (Å²) in [7, 11) is 0. The van der Waals surface area contributed by atoms with E-state index in [9.17, 15) is 4.79 Å². The summed E-state index contributed by atoms with van der Waals surface area (Å²) in [5.41, 5.74) is 1.80. The Hall–Kier alpha value is -2.33. The molecule has 1 aliphatic rings. The average molecular weight is 296 g/mol. The van der Waals surface area contributed by atoms with E-state index in [1.807, 2.05) is 59.5 Å². The Morgan fingerprint density at radius 3 is 2.36 bits per heavy atom. The number of para-hydroxylation sites is 1. The van der Waals surface area contributed by atoms with Crippen LogP contribution in [0.4, 0.5) is 0 Å². The number of amides is 1. The van der Waals surface area contributed by atoms with Gasteiger partial charge in [-0.1, -0.05) is 30.3 Å². The highest BCUT2D eigenvalue weighted by atomic mass is 16.5. The van der Waals surface area contributed by atoms with Gasteiger partial charge in [0.25, 0.3) is 5.91 Å². The molecule has 4 heteroatoms. The van der Waals surface area contributed by atoms with Crippen LogP contribution in [0.3, 0.4) is 0 Å². The van der Waals surface area contributed by atoms with Gasteiger partial charge in [-0.05, 0) is 29.8 Å². The maximum atomic E-state index is 12.4. The molecule has 0 unspecified atom stereocenters. The largest absolute Gasteiger partial charge is 0.489 e. The molecule has 0 bridgehead atoms. The minimum absolute atomic E-state index is 0.108. The quantitative estimate of drug-likeness (QED) is 0.941. The third-order valence-corrected chi connectivity index (χ3v) is 3.75.